The number of carbonyl (C=O) groups excluding carboxylic acids is 2. The Morgan fingerprint density at radius 3 is 2.35 bits per heavy atom. The molecule has 2 rings (SSSR count). The SMILES string of the molecule is Cc1ccc(C(=O)NCC(=O)Nc2cc(C(F)(F)F)ccc2Cl)cc1C. The highest BCUT2D eigenvalue weighted by atomic mass is 35.5. The molecule has 8 heteroatoms. The molecule has 0 saturated heterocycles. The average Bonchev–Trinajstić information content (AvgIpc) is 2.56. The molecule has 2 N–H and O–H groups in total. The largest absolute Gasteiger partial charge is 0.416 e. The van der Waals surface area contributed by atoms with Crippen LogP contribution in [0.5, 0.6) is 0 Å². The molecule has 138 valence electrons. The summed E-state index contributed by atoms with van der Waals surface area (Å²) in [6, 6.07) is 7.71. The number of aryl methyl sites for hydroxylation is 2. The highest BCUT2D eigenvalue weighted by molar-refractivity contribution is 6.33. The summed E-state index contributed by atoms with van der Waals surface area (Å²) in [6.07, 6.45) is -4.55. The van der Waals surface area contributed by atoms with Crippen molar-refractivity contribution in [1.29, 1.82) is 0 Å². The minimum absolute atomic E-state index is 0.0353. The van der Waals surface area contributed by atoms with E-state index in [1.165, 1.54) is 0 Å². The van der Waals surface area contributed by atoms with E-state index in [1.54, 1.807) is 18.2 Å². The van der Waals surface area contributed by atoms with E-state index in [-0.39, 0.29) is 10.7 Å². The van der Waals surface area contributed by atoms with Gasteiger partial charge in [-0.25, -0.2) is 0 Å². The third kappa shape index (κ3) is 4.98. The Bertz CT molecular complexity index is 851. The summed E-state index contributed by atoms with van der Waals surface area (Å²) < 4.78 is 38.2. The maximum absolute atomic E-state index is 12.7. The normalized spacial score (nSPS) is 11.2. The Morgan fingerprint density at radius 1 is 1.04 bits per heavy atom. The molecule has 2 aromatic carbocycles. The van der Waals surface area contributed by atoms with Crippen LogP contribution in [0.1, 0.15) is 27.0 Å². The van der Waals surface area contributed by atoms with Gasteiger partial charge in [-0.2, -0.15) is 13.2 Å². The summed E-state index contributed by atoms with van der Waals surface area (Å²) in [5, 5.41) is 4.64. The van der Waals surface area contributed by atoms with Crippen LogP contribution in [0.25, 0.3) is 0 Å². The van der Waals surface area contributed by atoms with Crippen LogP contribution in [-0.4, -0.2) is 18.4 Å². The zero-order valence-electron chi connectivity index (χ0n) is 14.0. The number of hydrogen-bond acceptors (Lipinski definition) is 2. The van der Waals surface area contributed by atoms with Crippen LogP contribution in [0, 0.1) is 13.8 Å². The smallest absolute Gasteiger partial charge is 0.343 e. The van der Waals surface area contributed by atoms with E-state index in [4.69, 9.17) is 11.6 Å². The molecular weight excluding hydrogens is 369 g/mol. The predicted molar refractivity (Wildman–Crippen MR) is 93.3 cm³/mol. The second-order valence-electron chi connectivity index (χ2n) is 5.72. The molecule has 2 amide bonds. The van der Waals surface area contributed by atoms with Gasteiger partial charge in [0.15, 0.2) is 0 Å². The second kappa shape index (κ2) is 7.78. The molecule has 0 radical (unpaired) electrons. The van der Waals surface area contributed by atoms with E-state index in [0.29, 0.717) is 5.56 Å². The number of benzene rings is 2. The maximum Gasteiger partial charge on any atom is 0.416 e. The van der Waals surface area contributed by atoms with Crippen molar-refractivity contribution in [2.75, 3.05) is 11.9 Å². The van der Waals surface area contributed by atoms with E-state index in [1.807, 2.05) is 13.8 Å². The van der Waals surface area contributed by atoms with Crippen molar-refractivity contribution in [3.8, 4) is 0 Å². The van der Waals surface area contributed by atoms with E-state index >= 15 is 0 Å². The van der Waals surface area contributed by atoms with Gasteiger partial charge in [0.05, 0.1) is 22.8 Å². The van der Waals surface area contributed by atoms with Crippen molar-refractivity contribution in [2.45, 2.75) is 20.0 Å². The van der Waals surface area contributed by atoms with Gasteiger partial charge >= 0.3 is 6.18 Å². The fourth-order valence-corrected chi connectivity index (χ4v) is 2.30. The first kappa shape index (κ1) is 19.8. The van der Waals surface area contributed by atoms with Gasteiger partial charge < -0.3 is 10.6 Å². The Balaban J connectivity index is 2.00. The minimum atomic E-state index is -4.55. The Morgan fingerprint density at radius 2 is 1.73 bits per heavy atom. The third-order valence-electron chi connectivity index (χ3n) is 3.75. The molecule has 0 aromatic heterocycles. The summed E-state index contributed by atoms with van der Waals surface area (Å²) in [5.74, 6) is -1.15. The summed E-state index contributed by atoms with van der Waals surface area (Å²) in [5.41, 5.74) is 1.23. The zero-order valence-corrected chi connectivity index (χ0v) is 14.8. The van der Waals surface area contributed by atoms with Gasteiger partial charge in [-0.3, -0.25) is 9.59 Å². The molecule has 0 aliphatic carbocycles. The van der Waals surface area contributed by atoms with E-state index in [2.05, 4.69) is 10.6 Å². The molecule has 0 atom stereocenters. The first-order valence-electron chi connectivity index (χ1n) is 7.60. The number of amides is 2. The Hall–Kier alpha value is -2.54. The molecular formula is C18H16ClF3N2O2. The van der Waals surface area contributed by atoms with Gasteiger partial charge in [-0.15, -0.1) is 0 Å². The summed E-state index contributed by atoms with van der Waals surface area (Å²) in [4.78, 5) is 24.0. The second-order valence-corrected chi connectivity index (χ2v) is 6.13. The molecule has 26 heavy (non-hydrogen) atoms. The van der Waals surface area contributed by atoms with Crippen LogP contribution < -0.4 is 10.6 Å². The van der Waals surface area contributed by atoms with Gasteiger partial charge in [-0.05, 0) is 55.3 Å². The van der Waals surface area contributed by atoms with Crippen LogP contribution >= 0.6 is 11.6 Å². The standard InChI is InChI=1S/C18H16ClF3N2O2/c1-10-3-4-12(7-11(10)2)17(26)23-9-16(25)24-15-8-13(18(20,21)22)5-6-14(15)19/h3-8H,9H2,1-2H3,(H,23,26)(H,24,25). The molecule has 4 nitrogen and oxygen atoms in total. The molecule has 0 aliphatic heterocycles. The number of halogens is 4. The number of nitrogens with one attached hydrogen (secondary N) is 2. The van der Waals surface area contributed by atoms with Crippen molar-refractivity contribution in [3.05, 3.63) is 63.7 Å². The van der Waals surface area contributed by atoms with Gasteiger partial charge in [-0.1, -0.05) is 17.7 Å². The zero-order chi connectivity index (χ0) is 19.5. The van der Waals surface area contributed by atoms with Gasteiger partial charge in [0.25, 0.3) is 5.91 Å². The number of carbonyl (C=O) groups is 2. The molecule has 0 aliphatic rings. The predicted octanol–water partition coefficient (Wildman–Crippen LogP) is 4.34. The van der Waals surface area contributed by atoms with Crippen molar-refractivity contribution in [2.24, 2.45) is 0 Å². The number of rotatable bonds is 4. The Kier molecular flexibility index (Phi) is 5.92. The molecule has 0 fully saturated rings. The van der Waals surface area contributed by atoms with Gasteiger partial charge in [0.1, 0.15) is 0 Å². The van der Waals surface area contributed by atoms with E-state index in [0.717, 1.165) is 29.3 Å². The fourth-order valence-electron chi connectivity index (χ4n) is 2.14. The molecule has 2 aromatic rings. The molecule has 0 spiro atoms. The van der Waals surface area contributed by atoms with Crippen LogP contribution in [0.3, 0.4) is 0 Å². The number of hydrogen-bond donors (Lipinski definition) is 2. The average molecular weight is 385 g/mol. The van der Waals surface area contributed by atoms with Gasteiger partial charge in [0.2, 0.25) is 5.91 Å². The monoisotopic (exact) mass is 384 g/mol. The minimum Gasteiger partial charge on any atom is -0.343 e. The molecule has 0 unspecified atom stereocenters. The number of anilines is 1. The first-order chi connectivity index (χ1) is 12.1. The molecule has 0 bridgehead atoms. The van der Waals surface area contributed by atoms with Crippen molar-refractivity contribution >= 4 is 29.1 Å². The highest BCUT2D eigenvalue weighted by Gasteiger charge is 2.31. The summed E-state index contributed by atoms with van der Waals surface area (Å²) in [7, 11) is 0. The lowest BCUT2D eigenvalue weighted by Crippen LogP contribution is -2.33. The molecule has 0 saturated carbocycles. The van der Waals surface area contributed by atoms with E-state index in [9.17, 15) is 22.8 Å². The van der Waals surface area contributed by atoms with Crippen LogP contribution in [0.15, 0.2) is 36.4 Å². The maximum atomic E-state index is 12.7. The van der Waals surface area contributed by atoms with Crippen molar-refractivity contribution in [3.63, 3.8) is 0 Å². The van der Waals surface area contributed by atoms with E-state index < -0.39 is 30.1 Å². The first-order valence-corrected chi connectivity index (χ1v) is 7.98. The quantitative estimate of drug-likeness (QED) is 0.823. The van der Waals surface area contributed by atoms with Crippen LogP contribution in [0.4, 0.5) is 18.9 Å². The van der Waals surface area contributed by atoms with Crippen LogP contribution in [-0.2, 0) is 11.0 Å². The highest BCUT2D eigenvalue weighted by Crippen LogP contribution is 2.33. The summed E-state index contributed by atoms with van der Waals surface area (Å²) in [6.45, 7) is 3.36. The Labute approximate surface area is 153 Å². The third-order valence-corrected chi connectivity index (χ3v) is 4.08. The van der Waals surface area contributed by atoms with Crippen molar-refractivity contribution in [1.82, 2.24) is 5.32 Å². The van der Waals surface area contributed by atoms with Crippen LogP contribution in [0.2, 0.25) is 5.02 Å². The summed E-state index contributed by atoms with van der Waals surface area (Å²) >= 11 is 5.81. The lowest BCUT2D eigenvalue weighted by atomic mass is 10.1. The number of alkyl halides is 3. The van der Waals surface area contributed by atoms with Crippen molar-refractivity contribution < 1.29 is 22.8 Å². The lowest BCUT2D eigenvalue weighted by Gasteiger charge is -2.12. The topological polar surface area (TPSA) is 58.2 Å². The fraction of sp³-hybridized carbons (Fsp3) is 0.222. The molecule has 0 heterocycles. The van der Waals surface area contributed by atoms with Gasteiger partial charge in [0, 0.05) is 5.56 Å². The lowest BCUT2D eigenvalue weighted by molar-refractivity contribution is -0.137.